The van der Waals surface area contributed by atoms with E-state index in [-0.39, 0.29) is 24.0 Å². The molecule has 0 spiro atoms. The molecule has 0 aliphatic carbocycles. The smallest absolute Gasteiger partial charge is 0.190 e. The summed E-state index contributed by atoms with van der Waals surface area (Å²) in [5.74, 6) is 2.55. The normalized spacial score (nSPS) is 13.4. The number of guanidine groups is 1. The van der Waals surface area contributed by atoms with Crippen molar-refractivity contribution in [3.05, 3.63) is 29.3 Å². The predicted octanol–water partition coefficient (Wildman–Crippen LogP) is 2.60. The number of benzene rings is 1. The van der Waals surface area contributed by atoms with Gasteiger partial charge in [-0.15, -0.1) is 24.0 Å². The maximum absolute atomic E-state index is 5.52. The van der Waals surface area contributed by atoms with E-state index in [9.17, 15) is 0 Å². The Morgan fingerprint density at radius 2 is 2.14 bits per heavy atom. The zero-order chi connectivity index (χ0) is 14.4. The molecule has 0 radical (unpaired) electrons. The standard InChI is InChI=1S/C16H25N3O.HI/c1-12(2)11-19-16(17-3)18-8-6-13-4-5-15-14(10-13)7-9-20-15;/h4-5,10,12H,6-9,11H2,1-3H3,(H2,17,18,19);1H. The summed E-state index contributed by atoms with van der Waals surface area (Å²) in [5, 5.41) is 6.66. The van der Waals surface area contributed by atoms with Crippen LogP contribution in [0.2, 0.25) is 0 Å². The van der Waals surface area contributed by atoms with Crippen molar-refractivity contribution in [1.82, 2.24) is 10.6 Å². The first-order chi connectivity index (χ1) is 9.69. The molecule has 1 aromatic rings. The van der Waals surface area contributed by atoms with E-state index in [4.69, 9.17) is 4.74 Å². The van der Waals surface area contributed by atoms with E-state index >= 15 is 0 Å². The van der Waals surface area contributed by atoms with Gasteiger partial charge in [0.15, 0.2) is 5.96 Å². The summed E-state index contributed by atoms with van der Waals surface area (Å²) in [6.45, 7) is 7.02. The van der Waals surface area contributed by atoms with Gasteiger partial charge in [-0.3, -0.25) is 4.99 Å². The molecule has 1 aromatic carbocycles. The number of halogens is 1. The highest BCUT2D eigenvalue weighted by molar-refractivity contribution is 14.0. The van der Waals surface area contributed by atoms with E-state index in [1.807, 2.05) is 7.05 Å². The zero-order valence-corrected chi connectivity index (χ0v) is 15.4. The van der Waals surface area contributed by atoms with Crippen molar-refractivity contribution < 1.29 is 4.74 Å². The summed E-state index contributed by atoms with van der Waals surface area (Å²) in [4.78, 5) is 4.22. The molecule has 1 aliphatic heterocycles. The second-order valence-corrected chi connectivity index (χ2v) is 5.56. The van der Waals surface area contributed by atoms with Gasteiger partial charge in [-0.2, -0.15) is 0 Å². The third kappa shape index (κ3) is 5.73. The maximum atomic E-state index is 5.52. The van der Waals surface area contributed by atoms with Gasteiger partial charge in [0.25, 0.3) is 0 Å². The summed E-state index contributed by atoms with van der Waals surface area (Å²) in [5.41, 5.74) is 2.69. The molecule has 1 aliphatic rings. The van der Waals surface area contributed by atoms with Crippen LogP contribution in [0.1, 0.15) is 25.0 Å². The Labute approximate surface area is 144 Å². The van der Waals surface area contributed by atoms with Gasteiger partial charge in [0.05, 0.1) is 6.61 Å². The van der Waals surface area contributed by atoms with Gasteiger partial charge >= 0.3 is 0 Å². The van der Waals surface area contributed by atoms with Crippen LogP contribution in [0.15, 0.2) is 23.2 Å². The summed E-state index contributed by atoms with van der Waals surface area (Å²) in [6.07, 6.45) is 2.03. The largest absolute Gasteiger partial charge is 0.493 e. The Morgan fingerprint density at radius 3 is 2.86 bits per heavy atom. The summed E-state index contributed by atoms with van der Waals surface area (Å²) in [7, 11) is 1.81. The molecule has 118 valence electrons. The Bertz CT molecular complexity index is 475. The van der Waals surface area contributed by atoms with E-state index < -0.39 is 0 Å². The van der Waals surface area contributed by atoms with Gasteiger partial charge in [-0.25, -0.2) is 0 Å². The van der Waals surface area contributed by atoms with Gasteiger partial charge < -0.3 is 15.4 Å². The molecule has 21 heavy (non-hydrogen) atoms. The van der Waals surface area contributed by atoms with Crippen LogP contribution in [0.5, 0.6) is 5.75 Å². The van der Waals surface area contributed by atoms with Crippen LogP contribution < -0.4 is 15.4 Å². The van der Waals surface area contributed by atoms with Crippen molar-refractivity contribution in [2.45, 2.75) is 26.7 Å². The molecule has 2 rings (SSSR count). The molecule has 0 saturated heterocycles. The number of rotatable bonds is 5. The van der Waals surface area contributed by atoms with Crippen LogP contribution in [0.25, 0.3) is 0 Å². The summed E-state index contributed by atoms with van der Waals surface area (Å²) >= 11 is 0. The number of nitrogens with zero attached hydrogens (tertiary/aromatic N) is 1. The SMILES string of the molecule is CN=C(NCCc1ccc2c(c1)CCO2)NCC(C)C.I. The van der Waals surface area contributed by atoms with E-state index in [0.29, 0.717) is 5.92 Å². The Kier molecular flexibility index (Phi) is 7.85. The molecule has 1 heterocycles. The first kappa shape index (κ1) is 18.1. The summed E-state index contributed by atoms with van der Waals surface area (Å²) in [6, 6.07) is 6.49. The molecular formula is C16H26IN3O. The van der Waals surface area contributed by atoms with Gasteiger partial charge in [-0.1, -0.05) is 26.0 Å². The summed E-state index contributed by atoms with van der Waals surface area (Å²) < 4.78 is 5.52. The molecule has 0 unspecified atom stereocenters. The number of aliphatic imine (C=N–C) groups is 1. The fourth-order valence-corrected chi connectivity index (χ4v) is 2.24. The number of fused-ring (bicyclic) bond motifs is 1. The van der Waals surface area contributed by atoms with E-state index in [2.05, 4.69) is 47.7 Å². The molecule has 4 nitrogen and oxygen atoms in total. The third-order valence-electron chi connectivity index (χ3n) is 3.36. The van der Waals surface area contributed by atoms with Gasteiger partial charge in [0, 0.05) is 26.6 Å². The molecule has 2 N–H and O–H groups in total. The molecule has 0 aromatic heterocycles. The molecule has 5 heteroatoms. The molecular weight excluding hydrogens is 377 g/mol. The maximum Gasteiger partial charge on any atom is 0.190 e. The predicted molar refractivity (Wildman–Crippen MR) is 99.0 cm³/mol. The Hall–Kier alpha value is -0.980. The molecule has 0 atom stereocenters. The lowest BCUT2D eigenvalue weighted by Crippen LogP contribution is -2.39. The minimum Gasteiger partial charge on any atom is -0.493 e. The van der Waals surface area contributed by atoms with Crippen LogP contribution in [-0.2, 0) is 12.8 Å². The fourth-order valence-electron chi connectivity index (χ4n) is 2.24. The number of hydrogen-bond acceptors (Lipinski definition) is 2. The van der Waals surface area contributed by atoms with Gasteiger partial charge in [-0.05, 0) is 29.5 Å². The molecule has 0 amide bonds. The first-order valence-electron chi connectivity index (χ1n) is 7.38. The van der Waals surface area contributed by atoms with E-state index in [1.165, 1.54) is 11.1 Å². The highest BCUT2D eigenvalue weighted by Gasteiger charge is 2.11. The van der Waals surface area contributed by atoms with Crippen LogP contribution in [0.3, 0.4) is 0 Å². The molecule has 0 fully saturated rings. The van der Waals surface area contributed by atoms with Crippen LogP contribution in [0, 0.1) is 5.92 Å². The highest BCUT2D eigenvalue weighted by atomic mass is 127. The quantitative estimate of drug-likeness (QED) is 0.452. The lowest BCUT2D eigenvalue weighted by Gasteiger charge is -2.13. The van der Waals surface area contributed by atoms with Crippen molar-refractivity contribution >= 4 is 29.9 Å². The van der Waals surface area contributed by atoms with Crippen LogP contribution in [-0.4, -0.2) is 32.7 Å². The second kappa shape index (κ2) is 9.12. The Balaban J connectivity index is 0.00000220. The average molecular weight is 403 g/mol. The number of nitrogens with one attached hydrogen (secondary N) is 2. The first-order valence-corrected chi connectivity index (χ1v) is 7.38. The van der Waals surface area contributed by atoms with Crippen molar-refractivity contribution in [3.63, 3.8) is 0 Å². The van der Waals surface area contributed by atoms with Crippen molar-refractivity contribution in [3.8, 4) is 5.75 Å². The van der Waals surface area contributed by atoms with Crippen LogP contribution in [0.4, 0.5) is 0 Å². The Morgan fingerprint density at radius 1 is 1.33 bits per heavy atom. The van der Waals surface area contributed by atoms with Gasteiger partial charge in [0.1, 0.15) is 5.75 Å². The number of ether oxygens (including phenoxy) is 1. The minimum absolute atomic E-state index is 0. The average Bonchev–Trinajstić information content (AvgIpc) is 2.89. The van der Waals surface area contributed by atoms with Gasteiger partial charge in [0.2, 0.25) is 0 Å². The lowest BCUT2D eigenvalue weighted by atomic mass is 10.1. The van der Waals surface area contributed by atoms with Crippen molar-refractivity contribution in [2.75, 3.05) is 26.7 Å². The third-order valence-corrected chi connectivity index (χ3v) is 3.36. The van der Waals surface area contributed by atoms with Crippen molar-refractivity contribution in [2.24, 2.45) is 10.9 Å². The van der Waals surface area contributed by atoms with E-state index in [1.54, 1.807) is 0 Å². The van der Waals surface area contributed by atoms with Crippen LogP contribution >= 0.6 is 24.0 Å². The van der Waals surface area contributed by atoms with Crippen molar-refractivity contribution in [1.29, 1.82) is 0 Å². The molecule has 0 saturated carbocycles. The lowest BCUT2D eigenvalue weighted by molar-refractivity contribution is 0.357. The zero-order valence-electron chi connectivity index (χ0n) is 13.1. The van der Waals surface area contributed by atoms with E-state index in [0.717, 1.165) is 44.2 Å². The topological polar surface area (TPSA) is 45.7 Å². The fraction of sp³-hybridized carbons (Fsp3) is 0.562. The monoisotopic (exact) mass is 403 g/mol. The second-order valence-electron chi connectivity index (χ2n) is 5.56. The number of hydrogen-bond donors (Lipinski definition) is 2. The highest BCUT2D eigenvalue weighted by Crippen LogP contribution is 2.25. The minimum atomic E-state index is 0. The molecule has 0 bridgehead atoms.